The number of methoxy groups -OCH3 is 2. The number of amides is 1. The Balaban J connectivity index is 1.33. The predicted octanol–water partition coefficient (Wildman–Crippen LogP) is 3.81. The molecule has 0 aromatic heterocycles. The largest absolute Gasteiger partial charge is 0.493 e. The van der Waals surface area contributed by atoms with Gasteiger partial charge in [0.1, 0.15) is 0 Å². The molecular weight excluding hydrogens is 342 g/mol. The third-order valence-electron chi connectivity index (χ3n) is 6.63. The zero-order valence-corrected chi connectivity index (χ0v) is 16.6. The second-order valence-corrected chi connectivity index (χ2v) is 8.81. The van der Waals surface area contributed by atoms with Crippen molar-refractivity contribution < 1.29 is 19.0 Å². The van der Waals surface area contributed by atoms with Crippen molar-refractivity contribution in [2.75, 3.05) is 20.8 Å². The summed E-state index contributed by atoms with van der Waals surface area (Å²) in [7, 11) is 3.15. The monoisotopic (exact) mass is 373 g/mol. The van der Waals surface area contributed by atoms with Gasteiger partial charge in [-0.05, 0) is 81.4 Å². The summed E-state index contributed by atoms with van der Waals surface area (Å²) >= 11 is 0. The van der Waals surface area contributed by atoms with E-state index in [1.807, 2.05) is 0 Å². The third kappa shape index (κ3) is 3.79. The van der Waals surface area contributed by atoms with Crippen molar-refractivity contribution in [2.45, 2.75) is 57.2 Å². The maximum atomic E-state index is 12.5. The molecule has 0 heterocycles. The van der Waals surface area contributed by atoms with Crippen LogP contribution >= 0.6 is 0 Å². The van der Waals surface area contributed by atoms with Gasteiger partial charge in [-0.15, -0.1) is 0 Å². The van der Waals surface area contributed by atoms with Crippen LogP contribution in [0, 0.1) is 17.8 Å². The average Bonchev–Trinajstić information content (AvgIpc) is 2.64. The second-order valence-electron chi connectivity index (χ2n) is 8.81. The third-order valence-corrected chi connectivity index (χ3v) is 6.63. The summed E-state index contributed by atoms with van der Waals surface area (Å²) in [4.78, 5) is 12.5. The van der Waals surface area contributed by atoms with Crippen molar-refractivity contribution >= 4 is 5.91 Å². The number of ether oxygens (including phenoxy) is 3. The fourth-order valence-corrected chi connectivity index (χ4v) is 5.96. The van der Waals surface area contributed by atoms with Crippen molar-refractivity contribution in [1.29, 1.82) is 0 Å². The lowest BCUT2D eigenvalue weighted by atomic mass is 9.54. The van der Waals surface area contributed by atoms with E-state index in [-0.39, 0.29) is 17.6 Å². The van der Waals surface area contributed by atoms with Crippen LogP contribution in [0.15, 0.2) is 18.2 Å². The van der Waals surface area contributed by atoms with Crippen molar-refractivity contribution in [3.05, 3.63) is 23.8 Å². The normalized spacial score (nSPS) is 32.2. The standard InChI is InChI=1S/C22H31NO4/c1-14(27-22-10-15-6-16(11-22)8-17(7-15)12-22)13-23-21(24)18-4-5-19(25-2)20(9-18)26-3/h4-5,9,14-17H,6-8,10-13H2,1-3H3,(H,23,24)/t14-,15?,16?,17?,22?/m1/s1. The zero-order chi connectivity index (χ0) is 19.0. The number of rotatable bonds is 7. The summed E-state index contributed by atoms with van der Waals surface area (Å²) in [6, 6.07) is 5.21. The van der Waals surface area contributed by atoms with E-state index >= 15 is 0 Å². The molecule has 1 N–H and O–H groups in total. The molecule has 5 heteroatoms. The maximum absolute atomic E-state index is 12.5. The van der Waals surface area contributed by atoms with Crippen molar-refractivity contribution in [3.63, 3.8) is 0 Å². The van der Waals surface area contributed by atoms with Gasteiger partial charge in [0, 0.05) is 12.1 Å². The van der Waals surface area contributed by atoms with Crippen molar-refractivity contribution in [2.24, 2.45) is 17.8 Å². The summed E-state index contributed by atoms with van der Waals surface area (Å²) in [6.07, 6.45) is 7.89. The van der Waals surface area contributed by atoms with Crippen LogP contribution in [0.25, 0.3) is 0 Å². The van der Waals surface area contributed by atoms with Crippen LogP contribution in [0.4, 0.5) is 0 Å². The average molecular weight is 373 g/mol. The molecule has 0 saturated heterocycles. The lowest BCUT2D eigenvalue weighted by Gasteiger charge is -2.57. The van der Waals surface area contributed by atoms with Crippen LogP contribution in [0.3, 0.4) is 0 Å². The molecule has 0 radical (unpaired) electrons. The molecule has 1 aromatic rings. The van der Waals surface area contributed by atoms with Crippen LogP contribution in [-0.4, -0.2) is 38.4 Å². The summed E-state index contributed by atoms with van der Waals surface area (Å²) in [5, 5.41) is 3.01. The van der Waals surface area contributed by atoms with Crippen molar-refractivity contribution in [3.8, 4) is 11.5 Å². The minimum Gasteiger partial charge on any atom is -0.493 e. The molecule has 4 fully saturated rings. The van der Waals surface area contributed by atoms with E-state index in [1.165, 1.54) is 38.5 Å². The Morgan fingerprint density at radius 3 is 2.22 bits per heavy atom. The topological polar surface area (TPSA) is 56.8 Å². The molecule has 1 aromatic carbocycles. The summed E-state index contributed by atoms with van der Waals surface area (Å²) < 4.78 is 17.1. The molecule has 5 nitrogen and oxygen atoms in total. The van der Waals surface area contributed by atoms with Gasteiger partial charge in [-0.2, -0.15) is 0 Å². The Morgan fingerprint density at radius 1 is 1.07 bits per heavy atom. The molecule has 0 unspecified atom stereocenters. The fraction of sp³-hybridized carbons (Fsp3) is 0.682. The van der Waals surface area contributed by atoms with Gasteiger partial charge in [-0.1, -0.05) is 0 Å². The van der Waals surface area contributed by atoms with E-state index in [0.717, 1.165) is 17.8 Å². The van der Waals surface area contributed by atoms with E-state index in [1.54, 1.807) is 32.4 Å². The highest BCUT2D eigenvalue weighted by Gasteiger charge is 2.52. The molecule has 5 rings (SSSR count). The summed E-state index contributed by atoms with van der Waals surface area (Å²) in [5.41, 5.74) is 0.636. The molecule has 0 spiro atoms. The number of hydrogen-bond donors (Lipinski definition) is 1. The van der Waals surface area contributed by atoms with E-state index in [4.69, 9.17) is 14.2 Å². The van der Waals surface area contributed by atoms with Gasteiger partial charge in [0.15, 0.2) is 11.5 Å². The molecule has 0 aliphatic heterocycles. The van der Waals surface area contributed by atoms with Crippen LogP contribution in [0.1, 0.15) is 55.8 Å². The van der Waals surface area contributed by atoms with Crippen LogP contribution in [-0.2, 0) is 4.74 Å². The van der Waals surface area contributed by atoms with Crippen LogP contribution in [0.5, 0.6) is 11.5 Å². The maximum Gasteiger partial charge on any atom is 0.251 e. The van der Waals surface area contributed by atoms with Gasteiger partial charge in [0.05, 0.1) is 25.9 Å². The van der Waals surface area contributed by atoms with Gasteiger partial charge >= 0.3 is 0 Å². The molecule has 148 valence electrons. The van der Waals surface area contributed by atoms with Gasteiger partial charge in [-0.25, -0.2) is 0 Å². The van der Waals surface area contributed by atoms with Gasteiger partial charge in [-0.3, -0.25) is 4.79 Å². The molecule has 4 aliphatic rings. The van der Waals surface area contributed by atoms with E-state index in [9.17, 15) is 4.79 Å². The second kappa shape index (κ2) is 7.34. The van der Waals surface area contributed by atoms with Gasteiger partial charge < -0.3 is 19.5 Å². The van der Waals surface area contributed by atoms with Gasteiger partial charge in [0.25, 0.3) is 5.91 Å². The first kappa shape index (κ1) is 18.6. The summed E-state index contributed by atoms with van der Waals surface area (Å²) in [5.74, 6) is 3.66. The Morgan fingerprint density at radius 2 is 1.67 bits per heavy atom. The predicted molar refractivity (Wildman–Crippen MR) is 103 cm³/mol. The van der Waals surface area contributed by atoms with Crippen LogP contribution < -0.4 is 14.8 Å². The van der Waals surface area contributed by atoms with E-state index in [2.05, 4.69) is 12.2 Å². The molecule has 1 atom stereocenters. The lowest BCUT2D eigenvalue weighted by molar-refractivity contribution is -0.182. The summed E-state index contributed by atoms with van der Waals surface area (Å²) in [6.45, 7) is 2.60. The Hall–Kier alpha value is -1.75. The van der Waals surface area contributed by atoms with E-state index in [0.29, 0.717) is 23.6 Å². The zero-order valence-electron chi connectivity index (χ0n) is 16.6. The molecule has 4 aliphatic carbocycles. The highest BCUT2D eigenvalue weighted by Crippen LogP contribution is 2.57. The number of carbonyl (C=O) groups excluding carboxylic acids is 1. The Labute approximate surface area is 161 Å². The first-order chi connectivity index (χ1) is 13.0. The Bertz CT molecular complexity index is 666. The lowest BCUT2D eigenvalue weighted by Crippen LogP contribution is -2.53. The molecule has 4 saturated carbocycles. The molecule has 27 heavy (non-hydrogen) atoms. The smallest absolute Gasteiger partial charge is 0.251 e. The number of benzene rings is 1. The highest BCUT2D eigenvalue weighted by atomic mass is 16.5. The first-order valence-electron chi connectivity index (χ1n) is 10.2. The minimum atomic E-state index is -0.114. The van der Waals surface area contributed by atoms with Gasteiger partial charge in [0.2, 0.25) is 0 Å². The number of carbonyl (C=O) groups is 1. The molecular formula is C22H31NO4. The number of nitrogens with one attached hydrogen (secondary N) is 1. The molecule has 1 amide bonds. The van der Waals surface area contributed by atoms with Crippen molar-refractivity contribution in [1.82, 2.24) is 5.32 Å². The van der Waals surface area contributed by atoms with Crippen LogP contribution in [0.2, 0.25) is 0 Å². The highest BCUT2D eigenvalue weighted by molar-refractivity contribution is 5.94. The SMILES string of the molecule is COc1ccc(C(=O)NC[C@@H](C)OC23CC4CC(CC(C4)C2)C3)cc1OC. The van der Waals surface area contributed by atoms with E-state index < -0.39 is 0 Å². The number of hydrogen-bond acceptors (Lipinski definition) is 4. The fourth-order valence-electron chi connectivity index (χ4n) is 5.96. The minimum absolute atomic E-state index is 0.0188. The Kier molecular flexibility index (Phi) is 5.06. The molecule has 4 bridgehead atoms. The quantitative estimate of drug-likeness (QED) is 0.790. The first-order valence-corrected chi connectivity index (χ1v) is 10.2.